The van der Waals surface area contributed by atoms with E-state index in [2.05, 4.69) is 86.8 Å². The fourth-order valence-corrected chi connectivity index (χ4v) is 7.92. The van der Waals surface area contributed by atoms with Gasteiger partial charge in [0.1, 0.15) is 6.10 Å². The second-order valence-corrected chi connectivity index (χ2v) is 18.2. The highest BCUT2D eigenvalue weighted by molar-refractivity contribution is 5.78. The monoisotopic (exact) mass is 894 g/mol. The van der Waals surface area contributed by atoms with E-state index >= 15 is 0 Å². The molecule has 0 aromatic rings. The highest BCUT2D eigenvalue weighted by Crippen LogP contribution is 2.16. The summed E-state index contributed by atoms with van der Waals surface area (Å²) >= 11 is 0. The van der Waals surface area contributed by atoms with Crippen molar-refractivity contribution in [3.63, 3.8) is 0 Å². The van der Waals surface area contributed by atoms with Crippen LogP contribution in [0.2, 0.25) is 0 Å². The van der Waals surface area contributed by atoms with Crippen molar-refractivity contribution in [3.05, 3.63) is 72.9 Å². The molecule has 0 aromatic heterocycles. The van der Waals surface area contributed by atoms with Gasteiger partial charge >= 0.3 is 5.97 Å². The Bertz CT molecular complexity index is 1190. The Morgan fingerprint density at radius 1 is 0.484 bits per heavy atom. The van der Waals surface area contributed by atoms with Crippen molar-refractivity contribution < 1.29 is 24.5 Å². The van der Waals surface area contributed by atoms with Crippen LogP contribution >= 0.6 is 0 Å². The molecule has 0 fully saturated rings. The number of carbonyl (C=O) groups is 2. The molecule has 0 heterocycles. The maximum Gasteiger partial charge on any atom is 0.306 e. The van der Waals surface area contributed by atoms with E-state index in [1.165, 1.54) is 135 Å². The number of carbonyl (C=O) groups excluding carboxylic acids is 2. The van der Waals surface area contributed by atoms with Crippen molar-refractivity contribution >= 4 is 11.9 Å². The first-order valence-corrected chi connectivity index (χ1v) is 27.2. The van der Waals surface area contributed by atoms with Gasteiger partial charge in [-0.05, 0) is 76.7 Å². The lowest BCUT2D eigenvalue weighted by Crippen LogP contribution is -2.46. The predicted molar refractivity (Wildman–Crippen MR) is 278 cm³/mol. The SMILES string of the molecule is CC/C=C/C/C=C/C/C=C/C/C=C/C/C=C/C(CC(=O)NC(CO)C(O)CCCCCCCCCCCCCCCCCCC)OC(=O)CCCCC/C=C\CCCCCCCCC. The molecule has 0 rings (SSSR count). The summed E-state index contributed by atoms with van der Waals surface area (Å²) in [5.74, 6) is -0.645. The molecular formula is C58H103NO5. The van der Waals surface area contributed by atoms with Crippen molar-refractivity contribution in [2.45, 2.75) is 277 Å². The first-order chi connectivity index (χ1) is 31.5. The van der Waals surface area contributed by atoms with Crippen LogP contribution in [0.4, 0.5) is 0 Å². The molecule has 0 aliphatic rings. The van der Waals surface area contributed by atoms with Crippen LogP contribution in [0.1, 0.15) is 258 Å². The van der Waals surface area contributed by atoms with Gasteiger partial charge in [-0.2, -0.15) is 0 Å². The van der Waals surface area contributed by atoms with Crippen molar-refractivity contribution in [3.8, 4) is 0 Å². The number of allylic oxidation sites excluding steroid dienone is 11. The Morgan fingerprint density at radius 3 is 1.31 bits per heavy atom. The Labute approximate surface area is 396 Å². The van der Waals surface area contributed by atoms with E-state index in [0.717, 1.165) is 77.0 Å². The van der Waals surface area contributed by atoms with E-state index in [0.29, 0.717) is 19.3 Å². The summed E-state index contributed by atoms with van der Waals surface area (Å²) in [6, 6.07) is -0.747. The second kappa shape index (κ2) is 51.3. The molecule has 0 saturated carbocycles. The standard InChI is InChI=1S/C58H103NO5/c1-4-7-10-13-16-19-22-25-28-29-30-32-35-38-41-44-47-50-56(61)55(53-60)59-57(62)52-54(49-46-43-40-37-34-31-26-23-20-17-14-11-8-5-2)64-58(63)51-48-45-42-39-36-33-27-24-21-18-15-12-9-6-3/h8,11,17,20,26,31,33,36-37,40,46,49,54-56,60-61H,4-7,9-10,12-16,18-19,21-25,27-30,32,34-35,38-39,41-45,47-48,50-53H2,1-3H3,(H,59,62)/b11-8+,20-17+,31-26+,36-33-,40-37+,49-46+. The Kier molecular flexibility index (Phi) is 49.1. The number of amides is 1. The van der Waals surface area contributed by atoms with Gasteiger partial charge in [-0.1, -0.05) is 242 Å². The minimum absolute atomic E-state index is 0.0532. The third-order valence-corrected chi connectivity index (χ3v) is 12.0. The maximum absolute atomic E-state index is 13.2. The molecule has 1 amide bonds. The molecule has 0 aliphatic carbocycles. The molecule has 0 radical (unpaired) electrons. The number of nitrogens with one attached hydrogen (secondary N) is 1. The molecule has 0 aromatic carbocycles. The molecule has 3 unspecified atom stereocenters. The van der Waals surface area contributed by atoms with Crippen LogP contribution in [0.25, 0.3) is 0 Å². The molecule has 64 heavy (non-hydrogen) atoms. The number of hydrogen-bond donors (Lipinski definition) is 3. The predicted octanol–water partition coefficient (Wildman–Crippen LogP) is 16.6. The molecule has 6 nitrogen and oxygen atoms in total. The van der Waals surface area contributed by atoms with Gasteiger partial charge < -0.3 is 20.3 Å². The minimum Gasteiger partial charge on any atom is -0.458 e. The third kappa shape index (κ3) is 45.9. The molecule has 0 bridgehead atoms. The number of esters is 1. The summed E-state index contributed by atoms with van der Waals surface area (Å²) in [4.78, 5) is 26.1. The average Bonchev–Trinajstić information content (AvgIpc) is 3.29. The number of hydrogen-bond acceptors (Lipinski definition) is 5. The second-order valence-electron chi connectivity index (χ2n) is 18.2. The smallest absolute Gasteiger partial charge is 0.306 e. The minimum atomic E-state index is -0.824. The third-order valence-electron chi connectivity index (χ3n) is 12.0. The first kappa shape index (κ1) is 61.3. The van der Waals surface area contributed by atoms with E-state index in [9.17, 15) is 19.8 Å². The van der Waals surface area contributed by atoms with E-state index in [4.69, 9.17) is 4.74 Å². The van der Waals surface area contributed by atoms with E-state index in [1.54, 1.807) is 6.08 Å². The number of aliphatic hydroxyl groups excluding tert-OH is 2. The molecule has 0 saturated heterocycles. The zero-order valence-electron chi connectivity index (χ0n) is 42.1. The number of aliphatic hydroxyl groups is 2. The van der Waals surface area contributed by atoms with Crippen LogP contribution < -0.4 is 5.32 Å². The van der Waals surface area contributed by atoms with Gasteiger partial charge in [-0.3, -0.25) is 9.59 Å². The fraction of sp³-hybridized carbons (Fsp3) is 0.759. The highest BCUT2D eigenvalue weighted by Gasteiger charge is 2.23. The van der Waals surface area contributed by atoms with Gasteiger partial charge in [-0.15, -0.1) is 0 Å². The fourth-order valence-electron chi connectivity index (χ4n) is 7.92. The van der Waals surface area contributed by atoms with Crippen LogP contribution in [-0.2, 0) is 14.3 Å². The number of unbranched alkanes of at least 4 members (excludes halogenated alkanes) is 26. The highest BCUT2D eigenvalue weighted by atomic mass is 16.5. The van der Waals surface area contributed by atoms with E-state index in [-0.39, 0.29) is 24.9 Å². The van der Waals surface area contributed by atoms with Crippen LogP contribution in [0.5, 0.6) is 0 Å². The largest absolute Gasteiger partial charge is 0.458 e. The van der Waals surface area contributed by atoms with Crippen LogP contribution in [0.15, 0.2) is 72.9 Å². The lowest BCUT2D eigenvalue weighted by atomic mass is 10.0. The molecule has 0 aliphatic heterocycles. The zero-order valence-corrected chi connectivity index (χ0v) is 42.1. The van der Waals surface area contributed by atoms with Crippen LogP contribution in [0, 0.1) is 0 Å². The summed E-state index contributed by atoms with van der Waals surface area (Å²) in [5.41, 5.74) is 0. The Hall–Kier alpha value is -2.70. The summed E-state index contributed by atoms with van der Waals surface area (Å²) in [6.07, 6.45) is 65.7. The summed E-state index contributed by atoms with van der Waals surface area (Å²) < 4.78 is 5.82. The summed E-state index contributed by atoms with van der Waals surface area (Å²) in [5, 5.41) is 23.8. The van der Waals surface area contributed by atoms with Crippen molar-refractivity contribution in [1.29, 1.82) is 0 Å². The maximum atomic E-state index is 13.2. The molecule has 6 heteroatoms. The topological polar surface area (TPSA) is 95.9 Å². The van der Waals surface area contributed by atoms with Crippen LogP contribution in [-0.4, -0.2) is 46.9 Å². The van der Waals surface area contributed by atoms with Gasteiger partial charge in [0.2, 0.25) is 5.91 Å². The first-order valence-electron chi connectivity index (χ1n) is 27.2. The normalized spacial score (nSPS) is 13.8. The van der Waals surface area contributed by atoms with Gasteiger partial charge in [0.05, 0.1) is 25.2 Å². The zero-order chi connectivity index (χ0) is 46.7. The number of ether oxygens (including phenoxy) is 1. The van der Waals surface area contributed by atoms with Crippen LogP contribution in [0.3, 0.4) is 0 Å². The van der Waals surface area contributed by atoms with E-state index in [1.807, 2.05) is 6.08 Å². The molecule has 370 valence electrons. The quantitative estimate of drug-likeness (QED) is 0.0321. The average molecular weight is 894 g/mol. The summed E-state index contributed by atoms with van der Waals surface area (Å²) in [6.45, 7) is 6.34. The molecule has 3 atom stereocenters. The van der Waals surface area contributed by atoms with Crippen molar-refractivity contribution in [2.24, 2.45) is 0 Å². The van der Waals surface area contributed by atoms with Crippen molar-refractivity contribution in [1.82, 2.24) is 5.32 Å². The van der Waals surface area contributed by atoms with E-state index < -0.39 is 18.2 Å². The molecule has 3 N–H and O–H groups in total. The van der Waals surface area contributed by atoms with Gasteiger partial charge in [0.15, 0.2) is 0 Å². The Morgan fingerprint density at radius 2 is 0.875 bits per heavy atom. The molecule has 0 spiro atoms. The number of rotatable bonds is 48. The molecular weight excluding hydrogens is 791 g/mol. The van der Waals surface area contributed by atoms with Gasteiger partial charge in [0.25, 0.3) is 0 Å². The van der Waals surface area contributed by atoms with Gasteiger partial charge in [-0.25, -0.2) is 0 Å². The van der Waals surface area contributed by atoms with Gasteiger partial charge in [0, 0.05) is 6.42 Å². The van der Waals surface area contributed by atoms with Crippen molar-refractivity contribution in [2.75, 3.05) is 6.61 Å². The summed E-state index contributed by atoms with van der Waals surface area (Å²) in [7, 11) is 0. The lowest BCUT2D eigenvalue weighted by Gasteiger charge is -2.23. The lowest BCUT2D eigenvalue weighted by molar-refractivity contribution is -0.148. The Balaban J connectivity index is 4.67.